The van der Waals surface area contributed by atoms with Crippen LogP contribution in [0.4, 0.5) is 0 Å². The van der Waals surface area contributed by atoms with Gasteiger partial charge in [0.15, 0.2) is 17.8 Å². The highest BCUT2D eigenvalue weighted by Crippen LogP contribution is 2.28. The van der Waals surface area contributed by atoms with Crippen LogP contribution in [0, 0.1) is 5.92 Å². The maximum absolute atomic E-state index is 12.7. The molecule has 0 bridgehead atoms. The van der Waals surface area contributed by atoms with Crippen molar-refractivity contribution in [3.05, 3.63) is 60.9 Å². The van der Waals surface area contributed by atoms with Gasteiger partial charge in [-0.3, -0.25) is 9.48 Å². The van der Waals surface area contributed by atoms with Crippen LogP contribution >= 0.6 is 0 Å². The zero-order valence-corrected chi connectivity index (χ0v) is 14.2. The van der Waals surface area contributed by atoms with Gasteiger partial charge >= 0.3 is 0 Å². The van der Waals surface area contributed by atoms with E-state index in [1.807, 2.05) is 47.3 Å². The Labute approximate surface area is 150 Å². The predicted octanol–water partition coefficient (Wildman–Crippen LogP) is 2.11. The van der Waals surface area contributed by atoms with Crippen molar-refractivity contribution >= 4 is 5.91 Å². The Hall–Kier alpha value is -2.93. The van der Waals surface area contributed by atoms with E-state index in [4.69, 9.17) is 4.42 Å². The van der Waals surface area contributed by atoms with E-state index in [1.54, 1.807) is 6.20 Å². The summed E-state index contributed by atoms with van der Waals surface area (Å²) >= 11 is 0. The summed E-state index contributed by atoms with van der Waals surface area (Å²) in [5.41, 5.74) is 1.03. The molecule has 1 aliphatic rings. The number of rotatable bonds is 5. The third-order valence-electron chi connectivity index (χ3n) is 4.77. The molecule has 0 aliphatic heterocycles. The molecular weight excluding hydrogens is 332 g/mol. The first kappa shape index (κ1) is 16.5. The lowest BCUT2D eigenvalue weighted by Crippen LogP contribution is -2.40. The third-order valence-corrected chi connectivity index (χ3v) is 4.77. The lowest BCUT2D eigenvalue weighted by atomic mass is 10.1. The van der Waals surface area contributed by atoms with Gasteiger partial charge in [-0.1, -0.05) is 30.3 Å². The van der Waals surface area contributed by atoms with Crippen LogP contribution in [0.2, 0.25) is 0 Å². The molecule has 0 spiro atoms. The Morgan fingerprint density at radius 3 is 2.88 bits per heavy atom. The second kappa shape index (κ2) is 7.13. The molecule has 0 radical (unpaired) electrons. The second-order valence-electron chi connectivity index (χ2n) is 6.61. The average Bonchev–Trinajstić information content (AvgIpc) is 3.38. The third kappa shape index (κ3) is 3.39. The first-order valence-electron chi connectivity index (χ1n) is 8.66. The topological polar surface area (TPSA) is 93.2 Å². The summed E-state index contributed by atoms with van der Waals surface area (Å²) in [4.78, 5) is 16.7. The molecule has 2 N–H and O–H groups in total. The Bertz CT molecular complexity index is 860. The van der Waals surface area contributed by atoms with Crippen LogP contribution in [-0.2, 0) is 6.54 Å². The van der Waals surface area contributed by atoms with Gasteiger partial charge < -0.3 is 14.8 Å². The SMILES string of the molecule is O=C(N[C@@H]1CC(Cn2cccn2)C[C@H]1O)c1ncoc1-c1ccccc1. The van der Waals surface area contributed by atoms with E-state index in [1.165, 1.54) is 6.39 Å². The molecule has 134 valence electrons. The molecule has 4 rings (SSSR count). The fourth-order valence-corrected chi connectivity index (χ4v) is 3.53. The highest BCUT2D eigenvalue weighted by Gasteiger charge is 2.35. The largest absolute Gasteiger partial charge is 0.443 e. The van der Waals surface area contributed by atoms with E-state index >= 15 is 0 Å². The summed E-state index contributed by atoms with van der Waals surface area (Å²) in [6.45, 7) is 0.732. The molecule has 7 nitrogen and oxygen atoms in total. The standard InChI is InChI=1S/C19H20N4O3/c24-16-10-13(11-23-8-4-7-21-23)9-15(16)22-19(25)17-18(26-12-20-17)14-5-2-1-3-6-14/h1-8,12-13,15-16,24H,9-11H2,(H,22,25)/t13?,15-,16-/m1/s1. The molecule has 2 heterocycles. The van der Waals surface area contributed by atoms with Gasteiger partial charge in [-0.25, -0.2) is 4.98 Å². The summed E-state index contributed by atoms with van der Waals surface area (Å²) in [6.07, 6.45) is 5.66. The molecule has 3 atom stereocenters. The molecular formula is C19H20N4O3. The number of carbonyl (C=O) groups is 1. The molecule has 1 aliphatic carbocycles. The van der Waals surface area contributed by atoms with Crippen molar-refractivity contribution < 1.29 is 14.3 Å². The Morgan fingerprint density at radius 1 is 1.27 bits per heavy atom. The zero-order valence-electron chi connectivity index (χ0n) is 14.2. The molecule has 1 amide bonds. The fourth-order valence-electron chi connectivity index (χ4n) is 3.53. The van der Waals surface area contributed by atoms with Crippen molar-refractivity contribution in [2.24, 2.45) is 5.92 Å². The van der Waals surface area contributed by atoms with Crippen LogP contribution in [-0.4, -0.2) is 37.9 Å². The molecule has 1 unspecified atom stereocenters. The van der Waals surface area contributed by atoms with E-state index < -0.39 is 6.10 Å². The highest BCUT2D eigenvalue weighted by molar-refractivity contribution is 5.97. The van der Waals surface area contributed by atoms with Crippen molar-refractivity contribution in [1.82, 2.24) is 20.1 Å². The van der Waals surface area contributed by atoms with Crippen LogP contribution in [0.5, 0.6) is 0 Å². The van der Waals surface area contributed by atoms with Gasteiger partial charge in [0.2, 0.25) is 0 Å². The van der Waals surface area contributed by atoms with Crippen LogP contribution < -0.4 is 5.32 Å². The van der Waals surface area contributed by atoms with Gasteiger partial charge in [0.05, 0.1) is 12.1 Å². The Balaban J connectivity index is 1.43. The minimum atomic E-state index is -0.577. The summed E-state index contributed by atoms with van der Waals surface area (Å²) in [5.74, 6) is 0.367. The van der Waals surface area contributed by atoms with E-state index in [9.17, 15) is 9.90 Å². The first-order chi connectivity index (χ1) is 12.7. The molecule has 2 aromatic heterocycles. The fraction of sp³-hybridized carbons (Fsp3) is 0.316. The number of nitrogens with zero attached hydrogens (tertiary/aromatic N) is 3. The lowest BCUT2D eigenvalue weighted by Gasteiger charge is -2.16. The highest BCUT2D eigenvalue weighted by atomic mass is 16.3. The van der Waals surface area contributed by atoms with Crippen molar-refractivity contribution in [2.75, 3.05) is 0 Å². The molecule has 1 saturated carbocycles. The summed E-state index contributed by atoms with van der Waals surface area (Å²) < 4.78 is 7.26. The van der Waals surface area contributed by atoms with Gasteiger partial charge in [0, 0.05) is 24.5 Å². The summed E-state index contributed by atoms with van der Waals surface area (Å²) in [5, 5.41) is 17.4. The van der Waals surface area contributed by atoms with Crippen LogP contribution in [0.25, 0.3) is 11.3 Å². The average molecular weight is 352 g/mol. The van der Waals surface area contributed by atoms with Gasteiger partial charge in [0.1, 0.15) is 0 Å². The maximum Gasteiger partial charge on any atom is 0.274 e. The Kier molecular flexibility index (Phi) is 4.53. The number of hydrogen-bond acceptors (Lipinski definition) is 5. The number of hydrogen-bond donors (Lipinski definition) is 2. The lowest BCUT2D eigenvalue weighted by molar-refractivity contribution is 0.0868. The maximum atomic E-state index is 12.7. The molecule has 0 saturated heterocycles. The van der Waals surface area contributed by atoms with E-state index in [0.717, 1.165) is 12.1 Å². The van der Waals surface area contributed by atoms with E-state index in [-0.39, 0.29) is 23.6 Å². The first-order valence-corrected chi connectivity index (χ1v) is 8.66. The van der Waals surface area contributed by atoms with Gasteiger partial charge in [-0.15, -0.1) is 0 Å². The van der Waals surface area contributed by atoms with Gasteiger partial charge in [0.25, 0.3) is 5.91 Å². The number of nitrogens with one attached hydrogen (secondary N) is 1. The molecule has 7 heteroatoms. The second-order valence-corrected chi connectivity index (χ2v) is 6.61. The number of amides is 1. The normalized spacial score (nSPS) is 22.4. The molecule has 1 aromatic carbocycles. The number of aliphatic hydroxyl groups excluding tert-OH is 1. The minimum absolute atomic E-state index is 0.235. The van der Waals surface area contributed by atoms with Crippen molar-refractivity contribution in [3.8, 4) is 11.3 Å². The van der Waals surface area contributed by atoms with Gasteiger partial charge in [-0.05, 0) is 24.8 Å². The number of carbonyl (C=O) groups excluding carboxylic acids is 1. The molecule has 1 fully saturated rings. The van der Waals surface area contributed by atoms with Crippen LogP contribution in [0.1, 0.15) is 23.3 Å². The summed E-state index contributed by atoms with van der Waals surface area (Å²) in [7, 11) is 0. The van der Waals surface area contributed by atoms with Crippen LogP contribution in [0.15, 0.2) is 59.6 Å². The number of aliphatic hydroxyl groups is 1. The smallest absolute Gasteiger partial charge is 0.274 e. The van der Waals surface area contributed by atoms with Gasteiger partial charge in [-0.2, -0.15) is 5.10 Å². The molecule has 26 heavy (non-hydrogen) atoms. The van der Waals surface area contributed by atoms with E-state index in [0.29, 0.717) is 18.6 Å². The van der Waals surface area contributed by atoms with Crippen molar-refractivity contribution in [2.45, 2.75) is 31.5 Å². The Morgan fingerprint density at radius 2 is 2.12 bits per heavy atom. The monoisotopic (exact) mass is 352 g/mol. The summed E-state index contributed by atoms with van der Waals surface area (Å²) in [6, 6.07) is 10.9. The van der Waals surface area contributed by atoms with E-state index in [2.05, 4.69) is 15.4 Å². The number of aromatic nitrogens is 3. The minimum Gasteiger partial charge on any atom is -0.443 e. The zero-order chi connectivity index (χ0) is 17.9. The molecule has 3 aromatic rings. The van der Waals surface area contributed by atoms with Crippen molar-refractivity contribution in [1.29, 1.82) is 0 Å². The quantitative estimate of drug-likeness (QED) is 0.733. The predicted molar refractivity (Wildman–Crippen MR) is 94.2 cm³/mol. The number of oxazole rings is 1. The van der Waals surface area contributed by atoms with Crippen molar-refractivity contribution in [3.63, 3.8) is 0 Å². The van der Waals surface area contributed by atoms with Crippen LogP contribution in [0.3, 0.4) is 0 Å². The number of benzene rings is 1.